The number of esters is 1. The van der Waals surface area contributed by atoms with E-state index in [1.165, 1.54) is 61.5 Å². The maximum absolute atomic E-state index is 11.2. The van der Waals surface area contributed by atoms with Crippen LogP contribution in [0.15, 0.2) is 52.8 Å². The molecule has 162 valence electrons. The monoisotopic (exact) mass is 398 g/mol. The van der Waals surface area contributed by atoms with Crippen LogP contribution in [0.3, 0.4) is 0 Å². The number of hydrogen-bond donors (Lipinski definition) is 0. The molecule has 1 aliphatic carbocycles. The van der Waals surface area contributed by atoms with Crippen LogP contribution >= 0.6 is 0 Å². The Labute approximate surface area is 179 Å². The zero-order valence-corrected chi connectivity index (χ0v) is 19.5. The molecule has 0 radical (unpaired) electrons. The van der Waals surface area contributed by atoms with Gasteiger partial charge >= 0.3 is 5.97 Å². The minimum atomic E-state index is -0.128. The van der Waals surface area contributed by atoms with Crippen LogP contribution < -0.4 is 0 Å². The van der Waals surface area contributed by atoms with Gasteiger partial charge in [-0.3, -0.25) is 4.79 Å². The number of allylic oxidation sites excluding steroid dienone is 6. The van der Waals surface area contributed by atoms with E-state index >= 15 is 0 Å². The standard InChI is InChI=1S/C27H42O2/c1-21(11-9-16-27(28)29-6)17-18-22(2)19-23(3)20-25(5)24(4)12-10-15-26-13-7-8-14-26/h10,17-18,23,26H,5,7-9,11,13-16,19-20H2,1-4,6H3/b21-17+,22-18-/t12?,23-/m0/s1. The van der Waals surface area contributed by atoms with Crippen molar-refractivity contribution in [2.24, 2.45) is 11.8 Å². The number of hydrogen-bond acceptors (Lipinski definition) is 2. The molecule has 1 atom stereocenters. The van der Waals surface area contributed by atoms with Crippen molar-refractivity contribution in [3.63, 3.8) is 0 Å². The van der Waals surface area contributed by atoms with Crippen LogP contribution in [0.2, 0.25) is 0 Å². The Morgan fingerprint density at radius 3 is 2.41 bits per heavy atom. The zero-order chi connectivity index (χ0) is 21.6. The second-order valence-corrected chi connectivity index (χ2v) is 8.93. The van der Waals surface area contributed by atoms with Gasteiger partial charge in [-0.25, -0.2) is 0 Å². The van der Waals surface area contributed by atoms with E-state index in [9.17, 15) is 4.79 Å². The van der Waals surface area contributed by atoms with Crippen molar-refractivity contribution in [3.05, 3.63) is 52.8 Å². The molecule has 0 aromatic rings. The van der Waals surface area contributed by atoms with Gasteiger partial charge in [0.1, 0.15) is 0 Å². The smallest absolute Gasteiger partial charge is 0.305 e. The first-order valence-corrected chi connectivity index (χ1v) is 11.3. The van der Waals surface area contributed by atoms with E-state index < -0.39 is 0 Å². The molecule has 2 nitrogen and oxygen atoms in total. The minimum Gasteiger partial charge on any atom is -0.469 e. The Kier molecular flexibility index (Phi) is 12.4. The third-order valence-electron chi connectivity index (χ3n) is 5.87. The SMILES string of the molecule is C=C(C[C@@H](C)C/C(C)=C\C=C(/C)CCCC(=O)OC)C(C)=C=CCC1CCCC1. The number of carbonyl (C=O) groups excluding carboxylic acids is 1. The van der Waals surface area contributed by atoms with Gasteiger partial charge in [-0.15, -0.1) is 5.73 Å². The van der Waals surface area contributed by atoms with E-state index in [-0.39, 0.29) is 5.97 Å². The van der Waals surface area contributed by atoms with E-state index in [2.05, 4.69) is 63.0 Å². The fraction of sp³-hybridized carbons (Fsp3) is 0.630. The highest BCUT2D eigenvalue weighted by atomic mass is 16.5. The van der Waals surface area contributed by atoms with Crippen molar-refractivity contribution in [2.45, 2.75) is 91.9 Å². The molecule has 0 bridgehead atoms. The largest absolute Gasteiger partial charge is 0.469 e. The molecule has 1 saturated carbocycles. The predicted octanol–water partition coefficient (Wildman–Crippen LogP) is 7.88. The quantitative estimate of drug-likeness (QED) is 0.190. The van der Waals surface area contributed by atoms with Crippen LogP contribution in [0.5, 0.6) is 0 Å². The highest BCUT2D eigenvalue weighted by Gasteiger charge is 2.12. The van der Waals surface area contributed by atoms with E-state index in [1.807, 2.05) is 0 Å². The fourth-order valence-corrected chi connectivity index (χ4v) is 3.97. The van der Waals surface area contributed by atoms with Gasteiger partial charge in [0, 0.05) is 6.42 Å². The normalized spacial score (nSPS) is 16.3. The van der Waals surface area contributed by atoms with Crippen LogP contribution in [0, 0.1) is 11.8 Å². The summed E-state index contributed by atoms with van der Waals surface area (Å²) in [5.41, 5.74) is 8.58. The summed E-state index contributed by atoms with van der Waals surface area (Å²) in [4.78, 5) is 11.2. The van der Waals surface area contributed by atoms with Crippen LogP contribution in [0.25, 0.3) is 0 Å². The molecule has 0 N–H and O–H groups in total. The molecule has 0 unspecified atom stereocenters. The Morgan fingerprint density at radius 1 is 1.10 bits per heavy atom. The summed E-state index contributed by atoms with van der Waals surface area (Å²) in [5, 5.41) is 0. The minimum absolute atomic E-state index is 0.128. The summed E-state index contributed by atoms with van der Waals surface area (Å²) in [7, 11) is 1.44. The first-order valence-electron chi connectivity index (χ1n) is 11.3. The second-order valence-electron chi connectivity index (χ2n) is 8.93. The molecule has 0 aliphatic heterocycles. The van der Waals surface area contributed by atoms with Gasteiger partial charge < -0.3 is 4.74 Å². The fourth-order valence-electron chi connectivity index (χ4n) is 3.97. The third-order valence-corrected chi connectivity index (χ3v) is 5.87. The van der Waals surface area contributed by atoms with Gasteiger partial charge in [-0.1, -0.05) is 62.5 Å². The Balaban J connectivity index is 2.40. The molecule has 0 heterocycles. The molecule has 0 spiro atoms. The lowest BCUT2D eigenvalue weighted by atomic mass is 9.92. The van der Waals surface area contributed by atoms with Crippen LogP contribution in [0.4, 0.5) is 0 Å². The molecule has 1 fully saturated rings. The number of methoxy groups -OCH3 is 1. The van der Waals surface area contributed by atoms with Gasteiger partial charge in [0.2, 0.25) is 0 Å². The summed E-state index contributed by atoms with van der Waals surface area (Å²) in [6, 6.07) is 0. The van der Waals surface area contributed by atoms with Crippen molar-refractivity contribution in [3.8, 4) is 0 Å². The topological polar surface area (TPSA) is 26.3 Å². The zero-order valence-electron chi connectivity index (χ0n) is 19.5. The molecule has 1 rings (SSSR count). The maximum atomic E-state index is 11.2. The number of carbonyl (C=O) groups is 1. The highest BCUT2D eigenvalue weighted by Crippen LogP contribution is 2.28. The third kappa shape index (κ3) is 11.7. The van der Waals surface area contributed by atoms with Crippen LogP contribution in [-0.2, 0) is 9.53 Å². The summed E-state index contributed by atoms with van der Waals surface area (Å²) in [6.07, 6.45) is 17.8. The van der Waals surface area contributed by atoms with Crippen molar-refractivity contribution in [1.29, 1.82) is 0 Å². The molecule has 0 saturated heterocycles. The molecule has 0 aromatic carbocycles. The van der Waals surface area contributed by atoms with Gasteiger partial charge in [-0.2, -0.15) is 0 Å². The molecular weight excluding hydrogens is 356 g/mol. The number of ether oxygens (including phenoxy) is 1. The molecule has 2 heteroatoms. The Morgan fingerprint density at radius 2 is 1.76 bits per heavy atom. The van der Waals surface area contributed by atoms with E-state index in [4.69, 9.17) is 0 Å². The van der Waals surface area contributed by atoms with Crippen molar-refractivity contribution in [1.82, 2.24) is 0 Å². The predicted molar refractivity (Wildman–Crippen MR) is 125 cm³/mol. The van der Waals surface area contributed by atoms with E-state index in [0.717, 1.165) is 31.6 Å². The summed E-state index contributed by atoms with van der Waals surface area (Å²) >= 11 is 0. The van der Waals surface area contributed by atoms with Crippen LogP contribution in [0.1, 0.15) is 91.9 Å². The molecule has 0 aromatic heterocycles. The Hall–Kier alpha value is -1.79. The van der Waals surface area contributed by atoms with Crippen molar-refractivity contribution >= 4 is 5.97 Å². The summed E-state index contributed by atoms with van der Waals surface area (Å²) in [5.74, 6) is 1.32. The van der Waals surface area contributed by atoms with Gasteiger partial charge in [0.25, 0.3) is 0 Å². The molecular formula is C27H42O2. The lowest BCUT2D eigenvalue weighted by Gasteiger charge is -2.13. The van der Waals surface area contributed by atoms with Crippen LogP contribution in [-0.4, -0.2) is 13.1 Å². The highest BCUT2D eigenvalue weighted by molar-refractivity contribution is 5.69. The first kappa shape index (κ1) is 25.2. The van der Waals surface area contributed by atoms with Gasteiger partial charge in [0.05, 0.1) is 7.11 Å². The second kappa shape index (κ2) is 14.2. The Bertz CT molecular complexity index is 650. The van der Waals surface area contributed by atoms with Crippen molar-refractivity contribution < 1.29 is 9.53 Å². The first-order chi connectivity index (χ1) is 13.8. The van der Waals surface area contributed by atoms with Crippen molar-refractivity contribution in [2.75, 3.05) is 7.11 Å². The maximum Gasteiger partial charge on any atom is 0.305 e. The van der Waals surface area contributed by atoms with E-state index in [1.54, 1.807) is 0 Å². The lowest BCUT2D eigenvalue weighted by Crippen LogP contribution is -1.99. The molecule has 29 heavy (non-hydrogen) atoms. The molecule has 1 aliphatic rings. The van der Waals surface area contributed by atoms with Gasteiger partial charge in [0.15, 0.2) is 0 Å². The number of rotatable bonds is 12. The summed E-state index contributed by atoms with van der Waals surface area (Å²) in [6.45, 7) is 13.1. The average Bonchev–Trinajstić information content (AvgIpc) is 3.19. The average molecular weight is 399 g/mol. The molecule has 0 amide bonds. The van der Waals surface area contributed by atoms with E-state index in [0.29, 0.717) is 12.3 Å². The van der Waals surface area contributed by atoms with Gasteiger partial charge in [-0.05, 0) is 81.9 Å². The lowest BCUT2D eigenvalue weighted by molar-refractivity contribution is -0.140. The summed E-state index contributed by atoms with van der Waals surface area (Å²) < 4.78 is 4.68.